The zero-order valence-corrected chi connectivity index (χ0v) is 20.9. The third kappa shape index (κ3) is 4.36. The van der Waals surface area contributed by atoms with Gasteiger partial charge in [0, 0.05) is 31.1 Å². The smallest absolute Gasteiger partial charge is 0.267 e. The Labute approximate surface area is 202 Å². The molecule has 5 rings (SSSR count). The molecule has 0 N–H and O–H groups in total. The van der Waals surface area contributed by atoms with Crippen LogP contribution >= 0.6 is 23.1 Å². The van der Waals surface area contributed by atoms with Crippen molar-refractivity contribution in [3.05, 3.63) is 50.6 Å². The Morgan fingerprint density at radius 1 is 1.12 bits per heavy atom. The summed E-state index contributed by atoms with van der Waals surface area (Å²) in [6.45, 7) is 8.57. The van der Waals surface area contributed by atoms with Crippen LogP contribution in [0.1, 0.15) is 35.8 Å². The van der Waals surface area contributed by atoms with E-state index >= 15 is 0 Å². The fraction of sp³-hybridized carbons (Fsp3) is 0.480. The largest absolute Gasteiger partial charge is 0.339 e. The van der Waals surface area contributed by atoms with E-state index in [1.165, 1.54) is 28.6 Å². The van der Waals surface area contributed by atoms with Crippen LogP contribution in [-0.4, -0.2) is 63.7 Å². The molecule has 0 saturated carbocycles. The van der Waals surface area contributed by atoms with Crippen molar-refractivity contribution in [1.82, 2.24) is 19.4 Å². The number of para-hydroxylation sites is 1. The number of piperazine rings is 1. The number of hydrogen-bond acceptors (Lipinski definition) is 6. The number of thioether (sulfide) groups is 1. The van der Waals surface area contributed by atoms with Crippen LogP contribution in [0, 0.1) is 6.92 Å². The van der Waals surface area contributed by atoms with Crippen LogP contribution in [0.25, 0.3) is 15.9 Å². The maximum atomic E-state index is 13.9. The van der Waals surface area contributed by atoms with Gasteiger partial charge in [-0.1, -0.05) is 36.9 Å². The molecule has 174 valence electrons. The summed E-state index contributed by atoms with van der Waals surface area (Å²) in [5.41, 5.74) is 3.07. The van der Waals surface area contributed by atoms with Crippen molar-refractivity contribution in [2.75, 3.05) is 38.5 Å². The molecule has 0 bridgehead atoms. The Morgan fingerprint density at radius 2 is 1.88 bits per heavy atom. The van der Waals surface area contributed by atoms with Crippen molar-refractivity contribution < 1.29 is 4.79 Å². The minimum absolute atomic E-state index is 0.000194. The molecule has 1 aliphatic carbocycles. The number of aromatic nitrogens is 2. The zero-order chi connectivity index (χ0) is 22.9. The minimum atomic E-state index is 0.000194. The highest BCUT2D eigenvalue weighted by atomic mass is 32.2. The molecule has 8 heteroatoms. The lowest BCUT2D eigenvalue weighted by Crippen LogP contribution is -2.49. The van der Waals surface area contributed by atoms with Gasteiger partial charge in [-0.05, 0) is 56.3 Å². The van der Waals surface area contributed by atoms with Gasteiger partial charge in [0.25, 0.3) is 5.56 Å². The van der Waals surface area contributed by atoms with Crippen LogP contribution in [0.3, 0.4) is 0 Å². The van der Waals surface area contributed by atoms with E-state index in [0.29, 0.717) is 10.9 Å². The fourth-order valence-electron chi connectivity index (χ4n) is 4.84. The molecule has 3 heterocycles. The SMILES string of the molecule is CCN1CCN(C(=O)CSc2nc3sc4c(c3c(=O)n2-c2ccccc2C)CCCC4)CC1. The van der Waals surface area contributed by atoms with E-state index in [1.807, 2.05) is 36.1 Å². The van der Waals surface area contributed by atoms with Gasteiger partial charge in [-0.2, -0.15) is 0 Å². The number of fused-ring (bicyclic) bond motifs is 3. The van der Waals surface area contributed by atoms with Gasteiger partial charge in [0.15, 0.2) is 5.16 Å². The molecule has 0 atom stereocenters. The summed E-state index contributed by atoms with van der Waals surface area (Å²) in [5, 5.41) is 1.39. The highest BCUT2D eigenvalue weighted by Crippen LogP contribution is 2.35. The van der Waals surface area contributed by atoms with E-state index in [9.17, 15) is 9.59 Å². The van der Waals surface area contributed by atoms with Gasteiger partial charge >= 0.3 is 0 Å². The lowest BCUT2D eigenvalue weighted by molar-refractivity contribution is -0.130. The average molecular weight is 483 g/mol. The van der Waals surface area contributed by atoms with Crippen LogP contribution in [-0.2, 0) is 17.6 Å². The maximum Gasteiger partial charge on any atom is 0.267 e. The minimum Gasteiger partial charge on any atom is -0.339 e. The van der Waals surface area contributed by atoms with E-state index in [2.05, 4.69) is 11.8 Å². The maximum absolute atomic E-state index is 13.9. The highest BCUT2D eigenvalue weighted by molar-refractivity contribution is 7.99. The number of thiophene rings is 1. The molecule has 6 nitrogen and oxygen atoms in total. The van der Waals surface area contributed by atoms with Crippen LogP contribution in [0.2, 0.25) is 0 Å². The molecular formula is C25H30N4O2S2. The Hall–Kier alpha value is -2.16. The summed E-state index contributed by atoms with van der Waals surface area (Å²) in [7, 11) is 0. The molecule has 2 aromatic heterocycles. The third-order valence-electron chi connectivity index (χ3n) is 6.81. The van der Waals surface area contributed by atoms with Crippen LogP contribution < -0.4 is 5.56 Å². The molecule has 0 radical (unpaired) electrons. The van der Waals surface area contributed by atoms with Gasteiger partial charge < -0.3 is 9.80 Å². The second kappa shape index (κ2) is 9.60. The van der Waals surface area contributed by atoms with Crippen LogP contribution in [0.15, 0.2) is 34.2 Å². The predicted octanol–water partition coefficient (Wildman–Crippen LogP) is 3.89. The number of nitrogens with zero attached hydrogens (tertiary/aromatic N) is 4. The second-order valence-electron chi connectivity index (χ2n) is 8.82. The molecule has 0 unspecified atom stereocenters. The van der Waals surface area contributed by atoms with Gasteiger partial charge in [-0.3, -0.25) is 14.2 Å². The number of benzene rings is 1. The predicted molar refractivity (Wildman–Crippen MR) is 136 cm³/mol. The first-order valence-corrected chi connectivity index (χ1v) is 13.6. The van der Waals surface area contributed by atoms with Gasteiger partial charge in [0.2, 0.25) is 5.91 Å². The molecule has 1 fully saturated rings. The van der Waals surface area contributed by atoms with Crippen molar-refractivity contribution >= 4 is 39.2 Å². The normalized spacial score (nSPS) is 16.8. The lowest BCUT2D eigenvalue weighted by Gasteiger charge is -2.34. The summed E-state index contributed by atoms with van der Waals surface area (Å²) in [4.78, 5) is 38.2. The van der Waals surface area contributed by atoms with Crippen molar-refractivity contribution in [3.63, 3.8) is 0 Å². The Kier molecular flexibility index (Phi) is 6.58. The molecule has 0 spiro atoms. The summed E-state index contributed by atoms with van der Waals surface area (Å²) >= 11 is 3.05. The van der Waals surface area contributed by atoms with E-state index in [1.54, 1.807) is 15.9 Å². The molecule has 1 saturated heterocycles. The standard InChI is InChI=1S/C25H30N4O2S2/c1-3-27-12-14-28(15-13-27)21(30)16-32-25-26-23-22(18-9-5-7-11-20(18)33-23)24(31)29(25)19-10-6-4-8-17(19)2/h4,6,8,10H,3,5,7,9,11-16H2,1-2H3. The fourth-order valence-corrected chi connectivity index (χ4v) is 7.05. The number of likely N-dealkylation sites (N-methyl/N-ethyl adjacent to an activating group) is 1. The number of carbonyl (C=O) groups is 1. The molecule has 1 aromatic carbocycles. The molecule has 33 heavy (non-hydrogen) atoms. The van der Waals surface area contributed by atoms with Gasteiger partial charge in [-0.25, -0.2) is 4.98 Å². The summed E-state index contributed by atoms with van der Waals surface area (Å²) < 4.78 is 1.74. The van der Waals surface area contributed by atoms with E-state index in [-0.39, 0.29) is 11.5 Å². The summed E-state index contributed by atoms with van der Waals surface area (Å²) in [5.74, 6) is 0.410. The Bertz CT molecular complexity index is 1240. The number of rotatable bonds is 5. The second-order valence-corrected chi connectivity index (χ2v) is 10.8. The molecule has 1 amide bonds. The number of carbonyl (C=O) groups excluding carboxylic acids is 1. The van der Waals surface area contributed by atoms with Gasteiger partial charge in [-0.15, -0.1) is 11.3 Å². The number of amides is 1. The van der Waals surface area contributed by atoms with E-state index in [0.717, 1.165) is 73.5 Å². The first kappa shape index (κ1) is 22.6. The van der Waals surface area contributed by atoms with Crippen LogP contribution in [0.4, 0.5) is 0 Å². The average Bonchev–Trinajstić information content (AvgIpc) is 3.22. The van der Waals surface area contributed by atoms with Gasteiger partial charge in [0.1, 0.15) is 4.83 Å². The lowest BCUT2D eigenvalue weighted by atomic mass is 9.97. The quantitative estimate of drug-likeness (QED) is 0.408. The number of aryl methyl sites for hydroxylation is 3. The van der Waals surface area contributed by atoms with E-state index in [4.69, 9.17) is 4.98 Å². The van der Waals surface area contributed by atoms with Crippen molar-refractivity contribution in [1.29, 1.82) is 0 Å². The topological polar surface area (TPSA) is 58.4 Å². The van der Waals surface area contributed by atoms with Crippen molar-refractivity contribution in [2.45, 2.75) is 44.7 Å². The first-order valence-electron chi connectivity index (χ1n) is 11.8. The third-order valence-corrected chi connectivity index (χ3v) is 8.92. The molecule has 3 aromatic rings. The molecule has 1 aliphatic heterocycles. The first-order chi connectivity index (χ1) is 16.1. The number of hydrogen-bond donors (Lipinski definition) is 0. The van der Waals surface area contributed by atoms with Crippen LogP contribution in [0.5, 0.6) is 0 Å². The Morgan fingerprint density at radius 3 is 2.64 bits per heavy atom. The van der Waals surface area contributed by atoms with Crippen molar-refractivity contribution in [2.24, 2.45) is 0 Å². The summed E-state index contributed by atoms with van der Waals surface area (Å²) in [6, 6.07) is 7.92. The highest BCUT2D eigenvalue weighted by Gasteiger charge is 2.25. The Balaban J connectivity index is 1.51. The van der Waals surface area contributed by atoms with Crippen molar-refractivity contribution in [3.8, 4) is 5.69 Å². The zero-order valence-electron chi connectivity index (χ0n) is 19.3. The summed E-state index contributed by atoms with van der Waals surface area (Å²) in [6.07, 6.45) is 4.28. The molecule has 2 aliphatic rings. The monoisotopic (exact) mass is 482 g/mol. The molecular weight excluding hydrogens is 452 g/mol. The van der Waals surface area contributed by atoms with Gasteiger partial charge in [0.05, 0.1) is 16.8 Å². The van der Waals surface area contributed by atoms with E-state index < -0.39 is 0 Å².